The molecule has 0 aliphatic heterocycles. The van der Waals surface area contributed by atoms with Gasteiger partial charge in [0.1, 0.15) is 0 Å². The molecule has 0 saturated heterocycles. The quantitative estimate of drug-likeness (QED) is 0.613. The molecule has 72 valence electrons. The van der Waals surface area contributed by atoms with Crippen molar-refractivity contribution < 1.29 is 0 Å². The average molecular weight is 184 g/mol. The Morgan fingerprint density at radius 1 is 1.43 bits per heavy atom. The van der Waals surface area contributed by atoms with Crippen LogP contribution >= 0.6 is 0 Å². The maximum atomic E-state index is 3.97. The monoisotopic (exact) mass is 184 g/mol. The largest absolute Gasteiger partial charge is 0.100 e. The van der Waals surface area contributed by atoms with Crippen LogP contribution in [0.2, 0.25) is 0 Å². The van der Waals surface area contributed by atoms with Gasteiger partial charge in [-0.25, -0.2) is 0 Å². The van der Waals surface area contributed by atoms with Gasteiger partial charge in [0.2, 0.25) is 0 Å². The number of benzene rings is 1. The molecular weight excluding hydrogens is 168 g/mol. The maximum absolute atomic E-state index is 3.97. The highest BCUT2D eigenvalue weighted by Gasteiger charge is 2.12. The molecule has 0 spiro atoms. The second kappa shape index (κ2) is 3.83. The van der Waals surface area contributed by atoms with E-state index in [1.807, 2.05) is 0 Å². The lowest BCUT2D eigenvalue weighted by Crippen LogP contribution is -2.07. The minimum atomic E-state index is 0.655. The van der Waals surface area contributed by atoms with E-state index in [0.29, 0.717) is 5.92 Å². The van der Waals surface area contributed by atoms with Crippen LogP contribution in [0.1, 0.15) is 24.5 Å². The van der Waals surface area contributed by atoms with Crippen molar-refractivity contribution in [3.05, 3.63) is 53.6 Å². The van der Waals surface area contributed by atoms with E-state index in [2.05, 4.69) is 49.9 Å². The van der Waals surface area contributed by atoms with Crippen molar-refractivity contribution in [2.45, 2.75) is 19.8 Å². The molecule has 0 bridgehead atoms. The SMILES string of the molecule is C=C(C)CC1C=Cc2ccccc2C1. The molecule has 2 rings (SSSR count). The zero-order valence-corrected chi connectivity index (χ0v) is 8.66. The summed E-state index contributed by atoms with van der Waals surface area (Å²) in [6.45, 7) is 6.08. The van der Waals surface area contributed by atoms with Crippen LogP contribution in [0.3, 0.4) is 0 Å². The smallest absolute Gasteiger partial charge is 0.0152 e. The van der Waals surface area contributed by atoms with Gasteiger partial charge in [0.25, 0.3) is 0 Å². The van der Waals surface area contributed by atoms with Crippen molar-refractivity contribution in [2.75, 3.05) is 0 Å². The van der Waals surface area contributed by atoms with Crippen molar-refractivity contribution in [1.82, 2.24) is 0 Å². The van der Waals surface area contributed by atoms with E-state index in [-0.39, 0.29) is 0 Å². The first-order valence-corrected chi connectivity index (χ1v) is 5.16. The summed E-state index contributed by atoms with van der Waals surface area (Å²) in [6.07, 6.45) is 6.84. The van der Waals surface area contributed by atoms with Crippen LogP contribution in [0.15, 0.2) is 42.5 Å². The average Bonchev–Trinajstić information content (AvgIpc) is 2.17. The van der Waals surface area contributed by atoms with Crippen LogP contribution in [0.5, 0.6) is 0 Å². The van der Waals surface area contributed by atoms with E-state index < -0.39 is 0 Å². The molecule has 0 heteroatoms. The van der Waals surface area contributed by atoms with Gasteiger partial charge in [-0.15, -0.1) is 6.58 Å². The van der Waals surface area contributed by atoms with Gasteiger partial charge in [-0.3, -0.25) is 0 Å². The topological polar surface area (TPSA) is 0 Å². The lowest BCUT2D eigenvalue weighted by molar-refractivity contribution is 0.636. The summed E-state index contributed by atoms with van der Waals surface area (Å²) in [6, 6.07) is 8.63. The van der Waals surface area contributed by atoms with Crippen LogP contribution in [-0.4, -0.2) is 0 Å². The van der Waals surface area contributed by atoms with Gasteiger partial charge in [-0.1, -0.05) is 42.0 Å². The summed E-state index contributed by atoms with van der Waals surface area (Å²) in [7, 11) is 0. The lowest BCUT2D eigenvalue weighted by Gasteiger charge is -2.19. The van der Waals surface area contributed by atoms with Crippen molar-refractivity contribution >= 4 is 6.08 Å². The molecule has 0 amide bonds. The minimum absolute atomic E-state index is 0.655. The molecule has 1 aromatic rings. The first-order valence-electron chi connectivity index (χ1n) is 5.16. The maximum Gasteiger partial charge on any atom is -0.0152 e. The molecule has 1 aliphatic rings. The van der Waals surface area contributed by atoms with Gasteiger partial charge in [0, 0.05) is 0 Å². The lowest BCUT2D eigenvalue weighted by atomic mass is 9.86. The summed E-state index contributed by atoms with van der Waals surface area (Å²) < 4.78 is 0. The summed E-state index contributed by atoms with van der Waals surface area (Å²) in [5, 5.41) is 0. The van der Waals surface area contributed by atoms with Crippen LogP contribution in [-0.2, 0) is 6.42 Å². The van der Waals surface area contributed by atoms with Crippen LogP contribution in [0.25, 0.3) is 6.08 Å². The Bertz CT molecular complexity index is 371. The summed E-state index contributed by atoms with van der Waals surface area (Å²) in [5.41, 5.74) is 4.13. The Labute approximate surface area is 86.0 Å². The molecule has 0 N–H and O–H groups in total. The standard InChI is InChI=1S/C14H16/c1-11(2)9-12-7-8-13-5-3-4-6-14(13)10-12/h3-8,12H,1,9-10H2,2H3. The fourth-order valence-corrected chi connectivity index (χ4v) is 2.06. The molecule has 0 heterocycles. The number of fused-ring (bicyclic) bond motifs is 1. The zero-order valence-electron chi connectivity index (χ0n) is 8.66. The fourth-order valence-electron chi connectivity index (χ4n) is 2.06. The van der Waals surface area contributed by atoms with Crippen LogP contribution < -0.4 is 0 Å². The Morgan fingerprint density at radius 3 is 3.00 bits per heavy atom. The molecule has 14 heavy (non-hydrogen) atoms. The molecule has 1 atom stereocenters. The van der Waals surface area contributed by atoms with E-state index in [9.17, 15) is 0 Å². The summed E-state index contributed by atoms with van der Waals surface area (Å²) in [5.74, 6) is 0.655. The number of hydrogen-bond acceptors (Lipinski definition) is 0. The van der Waals surface area contributed by atoms with Crippen molar-refractivity contribution in [3.63, 3.8) is 0 Å². The van der Waals surface area contributed by atoms with Crippen molar-refractivity contribution in [3.8, 4) is 0 Å². The second-order valence-corrected chi connectivity index (χ2v) is 4.18. The highest BCUT2D eigenvalue weighted by molar-refractivity contribution is 5.56. The third-order valence-electron chi connectivity index (χ3n) is 2.70. The number of allylic oxidation sites excluding steroid dienone is 2. The highest BCUT2D eigenvalue weighted by Crippen LogP contribution is 2.26. The normalized spacial score (nSPS) is 19.1. The minimum Gasteiger partial charge on any atom is -0.100 e. The zero-order chi connectivity index (χ0) is 9.97. The van der Waals surface area contributed by atoms with E-state index >= 15 is 0 Å². The van der Waals surface area contributed by atoms with Gasteiger partial charge in [-0.2, -0.15) is 0 Å². The molecule has 1 unspecified atom stereocenters. The van der Waals surface area contributed by atoms with Gasteiger partial charge in [0.05, 0.1) is 0 Å². The summed E-state index contributed by atoms with van der Waals surface area (Å²) >= 11 is 0. The molecule has 0 saturated carbocycles. The molecule has 0 fully saturated rings. The van der Waals surface area contributed by atoms with Crippen LogP contribution in [0.4, 0.5) is 0 Å². The highest BCUT2D eigenvalue weighted by atomic mass is 14.2. The number of rotatable bonds is 2. The van der Waals surface area contributed by atoms with Crippen LogP contribution in [0, 0.1) is 5.92 Å². The molecule has 0 nitrogen and oxygen atoms in total. The van der Waals surface area contributed by atoms with Gasteiger partial charge >= 0.3 is 0 Å². The molecular formula is C14H16. The van der Waals surface area contributed by atoms with E-state index in [4.69, 9.17) is 0 Å². The van der Waals surface area contributed by atoms with Gasteiger partial charge in [0.15, 0.2) is 0 Å². The number of hydrogen-bond donors (Lipinski definition) is 0. The third kappa shape index (κ3) is 1.95. The van der Waals surface area contributed by atoms with E-state index in [1.54, 1.807) is 0 Å². The second-order valence-electron chi connectivity index (χ2n) is 4.18. The first-order chi connectivity index (χ1) is 6.75. The van der Waals surface area contributed by atoms with E-state index in [0.717, 1.165) is 6.42 Å². The van der Waals surface area contributed by atoms with Gasteiger partial charge in [-0.05, 0) is 36.8 Å². The third-order valence-corrected chi connectivity index (χ3v) is 2.70. The van der Waals surface area contributed by atoms with Crippen molar-refractivity contribution in [1.29, 1.82) is 0 Å². The summed E-state index contributed by atoms with van der Waals surface area (Å²) in [4.78, 5) is 0. The Kier molecular flexibility index (Phi) is 2.53. The van der Waals surface area contributed by atoms with E-state index in [1.165, 1.54) is 23.1 Å². The molecule has 1 aromatic carbocycles. The van der Waals surface area contributed by atoms with Gasteiger partial charge < -0.3 is 0 Å². The predicted octanol–water partition coefficient (Wildman–Crippen LogP) is 3.84. The molecule has 0 radical (unpaired) electrons. The first kappa shape index (κ1) is 9.26. The predicted molar refractivity (Wildman–Crippen MR) is 62.1 cm³/mol. The molecule has 1 aliphatic carbocycles. The van der Waals surface area contributed by atoms with Crippen molar-refractivity contribution in [2.24, 2.45) is 5.92 Å². The Balaban J connectivity index is 2.17. The molecule has 0 aromatic heterocycles. The fraction of sp³-hybridized carbons (Fsp3) is 0.286. The Hall–Kier alpha value is -1.30. The Morgan fingerprint density at radius 2 is 2.21 bits per heavy atom.